The van der Waals surface area contributed by atoms with Gasteiger partial charge in [-0.05, 0) is 6.42 Å². The maximum atomic E-state index is 10.6. The van der Waals surface area contributed by atoms with Crippen LogP contribution >= 0.6 is 0 Å². The highest BCUT2D eigenvalue weighted by Gasteiger charge is 2.24. The van der Waals surface area contributed by atoms with Crippen LogP contribution in [-0.2, 0) is 4.79 Å². The van der Waals surface area contributed by atoms with Gasteiger partial charge in [-0.2, -0.15) is 0 Å². The van der Waals surface area contributed by atoms with E-state index in [2.05, 4.69) is 10.6 Å². The summed E-state index contributed by atoms with van der Waals surface area (Å²) >= 11 is 0. The third-order valence-corrected chi connectivity index (χ3v) is 1.30. The normalized spacial score (nSPS) is 26.4. The van der Waals surface area contributed by atoms with Gasteiger partial charge in [-0.3, -0.25) is 4.79 Å². The molecule has 0 spiro atoms. The SMILES string of the molecule is CNC(=O)C1CC[N]1. The molecular formula is C5H9N2O. The van der Waals surface area contributed by atoms with Crippen LogP contribution in [0.1, 0.15) is 6.42 Å². The van der Waals surface area contributed by atoms with Crippen LogP contribution in [0.3, 0.4) is 0 Å². The number of nitrogens with zero attached hydrogens (tertiary/aromatic N) is 1. The standard InChI is InChI=1S/C5H9N2O/c1-6-5(8)4-2-3-7-4/h4H,2-3H2,1H3,(H,6,8). The highest BCUT2D eigenvalue weighted by Crippen LogP contribution is 2.02. The van der Waals surface area contributed by atoms with Crippen molar-refractivity contribution in [1.29, 1.82) is 0 Å². The van der Waals surface area contributed by atoms with E-state index < -0.39 is 0 Å². The van der Waals surface area contributed by atoms with E-state index in [0.717, 1.165) is 13.0 Å². The Labute approximate surface area is 48.5 Å². The predicted molar refractivity (Wildman–Crippen MR) is 29.5 cm³/mol. The molecule has 1 fully saturated rings. The summed E-state index contributed by atoms with van der Waals surface area (Å²) < 4.78 is 0. The van der Waals surface area contributed by atoms with Crippen molar-refractivity contribution in [2.45, 2.75) is 12.5 Å². The van der Waals surface area contributed by atoms with Gasteiger partial charge in [0.05, 0.1) is 0 Å². The van der Waals surface area contributed by atoms with E-state index in [1.165, 1.54) is 0 Å². The molecule has 1 amide bonds. The second-order valence-electron chi connectivity index (χ2n) is 1.82. The molecule has 1 atom stereocenters. The van der Waals surface area contributed by atoms with Crippen molar-refractivity contribution in [3.63, 3.8) is 0 Å². The van der Waals surface area contributed by atoms with Crippen LogP contribution in [0.15, 0.2) is 0 Å². The quantitative estimate of drug-likeness (QED) is 0.471. The molecule has 1 aliphatic rings. The fraction of sp³-hybridized carbons (Fsp3) is 0.800. The van der Waals surface area contributed by atoms with Crippen LogP contribution in [0.4, 0.5) is 0 Å². The number of hydrogen-bond donors (Lipinski definition) is 1. The Morgan fingerprint density at radius 1 is 1.88 bits per heavy atom. The number of hydrogen-bond acceptors (Lipinski definition) is 1. The molecule has 0 aliphatic carbocycles. The fourth-order valence-corrected chi connectivity index (χ4v) is 0.639. The zero-order valence-corrected chi connectivity index (χ0v) is 4.85. The molecule has 1 rings (SSSR count). The summed E-state index contributed by atoms with van der Waals surface area (Å²) in [6.45, 7) is 0.859. The van der Waals surface area contributed by atoms with E-state index in [-0.39, 0.29) is 11.9 Å². The first-order chi connectivity index (χ1) is 3.84. The van der Waals surface area contributed by atoms with E-state index >= 15 is 0 Å². The fourth-order valence-electron chi connectivity index (χ4n) is 0.639. The molecule has 3 nitrogen and oxygen atoms in total. The van der Waals surface area contributed by atoms with Crippen molar-refractivity contribution >= 4 is 5.91 Å². The number of carbonyl (C=O) groups is 1. The molecular weight excluding hydrogens is 104 g/mol. The molecule has 0 aromatic carbocycles. The largest absolute Gasteiger partial charge is 0.358 e. The van der Waals surface area contributed by atoms with Crippen LogP contribution in [0, 0.1) is 0 Å². The van der Waals surface area contributed by atoms with Crippen molar-refractivity contribution in [2.24, 2.45) is 0 Å². The molecule has 1 radical (unpaired) electrons. The Morgan fingerprint density at radius 3 is 2.62 bits per heavy atom. The first kappa shape index (κ1) is 5.56. The molecule has 3 heteroatoms. The molecule has 1 N–H and O–H groups in total. The molecule has 0 aromatic rings. The Morgan fingerprint density at radius 2 is 2.50 bits per heavy atom. The minimum absolute atomic E-state index is 0.0278. The smallest absolute Gasteiger partial charge is 0.238 e. The van der Waals surface area contributed by atoms with Crippen LogP contribution in [-0.4, -0.2) is 25.5 Å². The predicted octanol–water partition coefficient (Wildman–Crippen LogP) is -0.891. The molecule has 0 aromatic heterocycles. The Balaban J connectivity index is 2.24. The van der Waals surface area contributed by atoms with Crippen LogP contribution < -0.4 is 10.6 Å². The Kier molecular flexibility index (Phi) is 1.48. The van der Waals surface area contributed by atoms with Gasteiger partial charge in [0, 0.05) is 13.6 Å². The highest BCUT2D eigenvalue weighted by atomic mass is 16.2. The highest BCUT2D eigenvalue weighted by molar-refractivity contribution is 5.82. The zero-order valence-electron chi connectivity index (χ0n) is 4.85. The number of rotatable bonds is 1. The first-order valence-corrected chi connectivity index (χ1v) is 2.73. The second kappa shape index (κ2) is 2.13. The maximum absolute atomic E-state index is 10.6. The topological polar surface area (TPSA) is 43.2 Å². The molecule has 1 heterocycles. The van der Waals surface area contributed by atoms with Gasteiger partial charge in [0.25, 0.3) is 0 Å². The summed E-state index contributed by atoms with van der Waals surface area (Å²) in [4.78, 5) is 10.6. The number of nitrogens with one attached hydrogen (secondary N) is 1. The Hall–Kier alpha value is -0.570. The van der Waals surface area contributed by atoms with Gasteiger partial charge in [0.2, 0.25) is 5.91 Å². The van der Waals surface area contributed by atoms with Crippen molar-refractivity contribution in [3.05, 3.63) is 0 Å². The van der Waals surface area contributed by atoms with E-state index in [4.69, 9.17) is 0 Å². The lowest BCUT2D eigenvalue weighted by Gasteiger charge is -2.22. The van der Waals surface area contributed by atoms with Gasteiger partial charge in [-0.25, -0.2) is 5.32 Å². The summed E-state index contributed by atoms with van der Waals surface area (Å²) in [6.07, 6.45) is 0.930. The number of amides is 1. The summed E-state index contributed by atoms with van der Waals surface area (Å²) in [7, 11) is 1.64. The van der Waals surface area contributed by atoms with Crippen LogP contribution in [0.2, 0.25) is 0 Å². The second-order valence-corrected chi connectivity index (χ2v) is 1.82. The molecule has 45 valence electrons. The molecule has 1 aliphatic heterocycles. The minimum atomic E-state index is -0.0278. The lowest BCUT2D eigenvalue weighted by Crippen LogP contribution is -2.47. The van der Waals surface area contributed by atoms with Gasteiger partial charge in [-0.1, -0.05) is 0 Å². The first-order valence-electron chi connectivity index (χ1n) is 2.73. The monoisotopic (exact) mass is 113 g/mol. The van der Waals surface area contributed by atoms with Crippen LogP contribution in [0.25, 0.3) is 0 Å². The zero-order chi connectivity index (χ0) is 5.98. The van der Waals surface area contributed by atoms with E-state index in [1.54, 1.807) is 7.05 Å². The number of likely N-dealkylation sites (N-methyl/N-ethyl adjacent to an activating group) is 1. The maximum Gasteiger partial charge on any atom is 0.238 e. The van der Waals surface area contributed by atoms with E-state index in [1.807, 2.05) is 0 Å². The van der Waals surface area contributed by atoms with Gasteiger partial charge >= 0.3 is 0 Å². The third-order valence-electron chi connectivity index (χ3n) is 1.30. The van der Waals surface area contributed by atoms with Crippen LogP contribution in [0.5, 0.6) is 0 Å². The van der Waals surface area contributed by atoms with Crippen molar-refractivity contribution in [3.8, 4) is 0 Å². The summed E-state index contributed by atoms with van der Waals surface area (Å²) in [5, 5.41) is 6.46. The Bertz CT molecular complexity index is 98.6. The lowest BCUT2D eigenvalue weighted by atomic mass is 10.1. The van der Waals surface area contributed by atoms with Gasteiger partial charge in [0.15, 0.2) is 0 Å². The van der Waals surface area contributed by atoms with Gasteiger partial charge in [0.1, 0.15) is 6.04 Å². The summed E-state index contributed by atoms with van der Waals surface area (Å²) in [5.41, 5.74) is 0. The molecule has 1 saturated heterocycles. The van der Waals surface area contributed by atoms with E-state index in [9.17, 15) is 4.79 Å². The van der Waals surface area contributed by atoms with Gasteiger partial charge < -0.3 is 5.32 Å². The molecule has 8 heavy (non-hydrogen) atoms. The lowest BCUT2D eigenvalue weighted by molar-refractivity contribution is -0.124. The van der Waals surface area contributed by atoms with Crippen molar-refractivity contribution in [2.75, 3.05) is 13.6 Å². The molecule has 1 unspecified atom stereocenters. The average molecular weight is 113 g/mol. The summed E-state index contributed by atoms with van der Waals surface area (Å²) in [5.74, 6) is 0.0521. The van der Waals surface area contributed by atoms with E-state index in [0.29, 0.717) is 0 Å². The summed E-state index contributed by atoms with van der Waals surface area (Å²) in [6, 6.07) is -0.0278. The molecule has 0 bridgehead atoms. The minimum Gasteiger partial charge on any atom is -0.358 e. The van der Waals surface area contributed by atoms with Gasteiger partial charge in [-0.15, -0.1) is 0 Å². The third kappa shape index (κ3) is 0.816. The molecule has 0 saturated carbocycles. The number of carbonyl (C=O) groups excluding carboxylic acids is 1. The van der Waals surface area contributed by atoms with Crippen molar-refractivity contribution in [1.82, 2.24) is 10.6 Å². The van der Waals surface area contributed by atoms with Crippen molar-refractivity contribution < 1.29 is 4.79 Å². The average Bonchev–Trinajstić information content (AvgIpc) is 1.62.